The summed E-state index contributed by atoms with van der Waals surface area (Å²) in [5.41, 5.74) is -0.0496. The molecule has 17 heavy (non-hydrogen) atoms. The minimum atomic E-state index is -0.566. The Kier molecular flexibility index (Phi) is 3.23. The van der Waals surface area contributed by atoms with Gasteiger partial charge in [0.05, 0.1) is 17.1 Å². The monoisotopic (exact) mass is 240 g/mol. The number of benzene rings is 1. The van der Waals surface area contributed by atoms with Crippen LogP contribution in [0.3, 0.4) is 0 Å². The highest BCUT2D eigenvalue weighted by atomic mass is 19.1. The number of anilines is 1. The Bertz CT molecular complexity index is 439. The van der Waals surface area contributed by atoms with Crippen LogP contribution in [-0.2, 0) is 0 Å². The van der Waals surface area contributed by atoms with Crippen LogP contribution in [0.4, 0.5) is 15.8 Å². The van der Waals surface area contributed by atoms with Gasteiger partial charge < -0.3 is 10.4 Å². The van der Waals surface area contributed by atoms with E-state index < -0.39 is 16.8 Å². The third-order valence-corrected chi connectivity index (χ3v) is 2.98. The van der Waals surface area contributed by atoms with Crippen molar-refractivity contribution in [3.8, 4) is 0 Å². The number of nitrogens with zero attached hydrogens (tertiary/aromatic N) is 1. The summed E-state index contributed by atoms with van der Waals surface area (Å²) in [6, 6.07) is 3.02. The summed E-state index contributed by atoms with van der Waals surface area (Å²) in [5.74, 6) is -0.536. The van der Waals surface area contributed by atoms with Gasteiger partial charge in [-0.3, -0.25) is 10.1 Å². The molecule has 1 aromatic rings. The highest BCUT2D eigenvalue weighted by Gasteiger charge is 2.27. The molecule has 1 aliphatic carbocycles. The lowest BCUT2D eigenvalue weighted by molar-refractivity contribution is -0.384. The molecule has 0 saturated heterocycles. The number of nitrogens with one attached hydrogen (secondary N) is 1. The van der Waals surface area contributed by atoms with E-state index >= 15 is 0 Å². The quantitative estimate of drug-likeness (QED) is 0.626. The van der Waals surface area contributed by atoms with Crippen LogP contribution in [0.15, 0.2) is 18.2 Å². The molecule has 1 saturated carbocycles. The fourth-order valence-corrected chi connectivity index (χ4v) is 2.09. The third-order valence-electron chi connectivity index (χ3n) is 2.98. The molecule has 0 bridgehead atoms. The summed E-state index contributed by atoms with van der Waals surface area (Å²) in [5, 5.41) is 23.2. The maximum Gasteiger partial charge on any atom is 0.292 e. The summed E-state index contributed by atoms with van der Waals surface area (Å²) in [4.78, 5) is 10.2. The van der Waals surface area contributed by atoms with Crippen molar-refractivity contribution in [1.29, 1.82) is 0 Å². The molecule has 0 spiro atoms. The van der Waals surface area contributed by atoms with Crippen molar-refractivity contribution >= 4 is 11.4 Å². The van der Waals surface area contributed by atoms with Crippen LogP contribution < -0.4 is 5.32 Å². The fourth-order valence-electron chi connectivity index (χ4n) is 2.09. The first-order valence-electron chi connectivity index (χ1n) is 5.46. The van der Waals surface area contributed by atoms with Crippen molar-refractivity contribution in [2.24, 2.45) is 0 Å². The van der Waals surface area contributed by atoms with Crippen molar-refractivity contribution in [1.82, 2.24) is 0 Å². The second kappa shape index (κ2) is 4.67. The zero-order valence-electron chi connectivity index (χ0n) is 9.10. The smallest absolute Gasteiger partial charge is 0.292 e. The molecule has 0 radical (unpaired) electrons. The van der Waals surface area contributed by atoms with Crippen LogP contribution in [-0.4, -0.2) is 22.2 Å². The summed E-state index contributed by atoms with van der Waals surface area (Å²) in [6.45, 7) is 0. The van der Waals surface area contributed by atoms with E-state index in [9.17, 15) is 19.6 Å². The second-order valence-electron chi connectivity index (χ2n) is 4.17. The molecule has 6 heteroatoms. The van der Waals surface area contributed by atoms with Crippen LogP contribution in [0.2, 0.25) is 0 Å². The van der Waals surface area contributed by atoms with Crippen molar-refractivity contribution in [3.05, 3.63) is 34.1 Å². The number of rotatable bonds is 3. The predicted octanol–water partition coefficient (Wildman–Crippen LogP) is 2.06. The van der Waals surface area contributed by atoms with Crippen molar-refractivity contribution in [2.75, 3.05) is 5.32 Å². The maximum absolute atomic E-state index is 13.1. The molecule has 2 atom stereocenters. The van der Waals surface area contributed by atoms with Gasteiger partial charge in [0.25, 0.3) is 5.69 Å². The van der Waals surface area contributed by atoms with Gasteiger partial charge in [-0.25, -0.2) is 4.39 Å². The third kappa shape index (κ3) is 2.52. The molecule has 0 heterocycles. The summed E-state index contributed by atoms with van der Waals surface area (Å²) in [6.07, 6.45) is 1.73. The van der Waals surface area contributed by atoms with Gasteiger partial charge in [0.1, 0.15) is 11.5 Å². The lowest BCUT2D eigenvalue weighted by Crippen LogP contribution is -2.28. The number of aliphatic hydroxyl groups excluding tert-OH is 1. The zero-order chi connectivity index (χ0) is 12.4. The van der Waals surface area contributed by atoms with Gasteiger partial charge in [-0.2, -0.15) is 0 Å². The first-order valence-corrected chi connectivity index (χ1v) is 5.46. The van der Waals surface area contributed by atoms with Crippen LogP contribution >= 0.6 is 0 Å². The van der Waals surface area contributed by atoms with Crippen LogP contribution in [0.1, 0.15) is 19.3 Å². The first-order chi connectivity index (χ1) is 8.08. The van der Waals surface area contributed by atoms with Gasteiger partial charge in [0, 0.05) is 12.1 Å². The molecule has 2 N–H and O–H groups in total. The van der Waals surface area contributed by atoms with E-state index in [0.29, 0.717) is 6.42 Å². The molecule has 92 valence electrons. The Morgan fingerprint density at radius 3 is 2.82 bits per heavy atom. The first kappa shape index (κ1) is 11.8. The Balaban J connectivity index is 2.24. The molecular formula is C11H13FN2O3. The van der Waals surface area contributed by atoms with E-state index in [1.807, 2.05) is 0 Å². The minimum absolute atomic E-state index is 0.126. The molecule has 1 fully saturated rings. The summed E-state index contributed by atoms with van der Waals surface area (Å²) < 4.78 is 13.1. The predicted molar refractivity (Wildman–Crippen MR) is 60.3 cm³/mol. The lowest BCUT2D eigenvalue weighted by Gasteiger charge is -2.17. The number of aliphatic hydroxyl groups is 1. The van der Waals surface area contributed by atoms with Gasteiger partial charge in [-0.1, -0.05) is 0 Å². The van der Waals surface area contributed by atoms with Crippen molar-refractivity contribution < 1.29 is 14.4 Å². The molecular weight excluding hydrogens is 227 g/mol. The largest absolute Gasteiger partial charge is 0.391 e. The lowest BCUT2D eigenvalue weighted by atomic mass is 10.2. The number of hydrogen-bond donors (Lipinski definition) is 2. The number of nitro benzene ring substituents is 1. The Hall–Kier alpha value is -1.69. The van der Waals surface area contributed by atoms with E-state index in [4.69, 9.17) is 0 Å². The SMILES string of the molecule is O=[N+]([O-])c1ccc(F)cc1N[C@H]1CCC[C@H]1O. The Morgan fingerprint density at radius 2 is 2.24 bits per heavy atom. The van der Waals surface area contributed by atoms with Crippen molar-refractivity contribution in [2.45, 2.75) is 31.4 Å². The highest BCUT2D eigenvalue weighted by Crippen LogP contribution is 2.29. The van der Waals surface area contributed by atoms with Gasteiger partial charge in [-0.15, -0.1) is 0 Å². The van der Waals surface area contributed by atoms with E-state index in [1.165, 1.54) is 0 Å². The molecule has 1 aliphatic rings. The van der Waals surface area contributed by atoms with Crippen LogP contribution in [0, 0.1) is 15.9 Å². The molecule has 5 nitrogen and oxygen atoms in total. The van der Waals surface area contributed by atoms with Crippen LogP contribution in [0.5, 0.6) is 0 Å². The topological polar surface area (TPSA) is 75.4 Å². The molecule has 0 aliphatic heterocycles. The molecule has 0 amide bonds. The Labute approximate surface area is 97.4 Å². The van der Waals surface area contributed by atoms with E-state index in [-0.39, 0.29) is 17.4 Å². The molecule has 1 aromatic carbocycles. The average Bonchev–Trinajstić information content (AvgIpc) is 2.64. The zero-order valence-corrected chi connectivity index (χ0v) is 9.10. The standard InChI is InChI=1S/C11H13FN2O3/c12-7-4-5-10(14(16)17)9(6-7)13-8-2-1-3-11(8)15/h4-6,8,11,13,15H,1-3H2/t8-,11+/m0/s1. The second-order valence-corrected chi connectivity index (χ2v) is 4.17. The number of nitro groups is 1. The van der Waals surface area contributed by atoms with E-state index in [1.54, 1.807) is 0 Å². The van der Waals surface area contributed by atoms with Crippen molar-refractivity contribution in [3.63, 3.8) is 0 Å². The molecule has 2 rings (SSSR count). The normalized spacial score (nSPS) is 23.6. The van der Waals surface area contributed by atoms with E-state index in [2.05, 4.69) is 5.32 Å². The summed E-state index contributed by atoms with van der Waals surface area (Å²) >= 11 is 0. The highest BCUT2D eigenvalue weighted by molar-refractivity contribution is 5.62. The number of hydrogen-bond acceptors (Lipinski definition) is 4. The Morgan fingerprint density at radius 1 is 1.47 bits per heavy atom. The van der Waals surface area contributed by atoms with E-state index in [0.717, 1.165) is 31.0 Å². The minimum Gasteiger partial charge on any atom is -0.391 e. The maximum atomic E-state index is 13.1. The molecule has 0 unspecified atom stereocenters. The fraction of sp³-hybridized carbons (Fsp3) is 0.455. The van der Waals surface area contributed by atoms with Gasteiger partial charge in [0.15, 0.2) is 0 Å². The van der Waals surface area contributed by atoms with Gasteiger partial charge >= 0.3 is 0 Å². The summed E-state index contributed by atoms with van der Waals surface area (Å²) in [7, 11) is 0. The molecule has 0 aromatic heterocycles. The van der Waals surface area contributed by atoms with Gasteiger partial charge in [0.2, 0.25) is 0 Å². The van der Waals surface area contributed by atoms with Gasteiger partial charge in [-0.05, 0) is 25.3 Å². The average molecular weight is 240 g/mol. The number of halogens is 1. The van der Waals surface area contributed by atoms with Crippen LogP contribution in [0.25, 0.3) is 0 Å².